The highest BCUT2D eigenvalue weighted by molar-refractivity contribution is 5.91. The molecule has 5 nitrogen and oxygen atoms in total. The second-order valence-corrected chi connectivity index (χ2v) is 5.22. The van der Waals surface area contributed by atoms with Gasteiger partial charge in [-0.05, 0) is 32.1 Å². The van der Waals surface area contributed by atoms with Crippen LogP contribution in [0.5, 0.6) is 0 Å². The molecule has 0 aromatic heterocycles. The summed E-state index contributed by atoms with van der Waals surface area (Å²) in [5.74, 6) is 0.568. The van der Waals surface area contributed by atoms with E-state index in [-0.39, 0.29) is 11.9 Å². The van der Waals surface area contributed by atoms with Gasteiger partial charge in [0.05, 0.1) is 5.54 Å². The van der Waals surface area contributed by atoms with E-state index in [0.29, 0.717) is 12.3 Å². The Balaban J connectivity index is 2.61. The third-order valence-corrected chi connectivity index (χ3v) is 3.63. The maximum atomic E-state index is 12.1. The van der Waals surface area contributed by atoms with Crippen LogP contribution in [0.2, 0.25) is 0 Å². The Morgan fingerprint density at radius 3 is 2.76 bits per heavy atom. The predicted molar refractivity (Wildman–Crippen MR) is 69.1 cm³/mol. The molecular formula is C12H24N4O. The number of hydrogen-bond acceptors (Lipinski definition) is 2. The largest absolute Gasteiger partial charge is 0.386 e. The zero-order chi connectivity index (χ0) is 13.1. The Morgan fingerprint density at radius 1 is 1.65 bits per heavy atom. The Kier molecular flexibility index (Phi) is 4.37. The van der Waals surface area contributed by atoms with Crippen LogP contribution < -0.4 is 11.1 Å². The van der Waals surface area contributed by atoms with Crippen molar-refractivity contribution < 1.29 is 4.79 Å². The van der Waals surface area contributed by atoms with Crippen LogP contribution in [0.4, 0.5) is 4.79 Å². The Labute approximate surface area is 103 Å². The molecule has 1 fully saturated rings. The number of nitrogens with two attached hydrogens (primary N) is 1. The number of carbonyl (C=O) groups excluding carboxylic acids is 1. The third kappa shape index (κ3) is 3.35. The van der Waals surface area contributed by atoms with Crippen LogP contribution in [0.3, 0.4) is 0 Å². The average molecular weight is 240 g/mol. The molecule has 1 aliphatic rings. The summed E-state index contributed by atoms with van der Waals surface area (Å²) >= 11 is 0. The minimum Gasteiger partial charge on any atom is -0.386 e. The quantitative estimate of drug-likeness (QED) is 0.516. The van der Waals surface area contributed by atoms with Gasteiger partial charge >= 0.3 is 6.03 Å². The first kappa shape index (κ1) is 13.8. The van der Waals surface area contributed by atoms with Gasteiger partial charge in [0.1, 0.15) is 5.84 Å². The summed E-state index contributed by atoms with van der Waals surface area (Å²) in [4.78, 5) is 13.9. The molecule has 0 aromatic rings. The first-order valence-corrected chi connectivity index (χ1v) is 6.30. The van der Waals surface area contributed by atoms with Gasteiger partial charge in [0.25, 0.3) is 0 Å². The molecule has 1 rings (SSSR count). The summed E-state index contributed by atoms with van der Waals surface area (Å²) in [7, 11) is 0. The highest BCUT2D eigenvalue weighted by Crippen LogP contribution is 2.17. The van der Waals surface area contributed by atoms with Gasteiger partial charge in [-0.1, -0.05) is 13.8 Å². The zero-order valence-corrected chi connectivity index (χ0v) is 11.0. The number of hydrogen-bond donors (Lipinski definition) is 3. The van der Waals surface area contributed by atoms with Gasteiger partial charge in [0.15, 0.2) is 0 Å². The molecule has 2 amide bonds. The van der Waals surface area contributed by atoms with E-state index in [1.54, 1.807) is 6.92 Å². The third-order valence-electron chi connectivity index (χ3n) is 3.63. The number of rotatable bonds is 3. The van der Waals surface area contributed by atoms with Gasteiger partial charge in [-0.2, -0.15) is 0 Å². The second-order valence-electron chi connectivity index (χ2n) is 5.22. The molecular weight excluding hydrogens is 216 g/mol. The Morgan fingerprint density at radius 2 is 2.29 bits per heavy atom. The van der Waals surface area contributed by atoms with Gasteiger partial charge in [-0.15, -0.1) is 0 Å². The molecule has 0 spiro atoms. The number of carbonyl (C=O) groups is 1. The van der Waals surface area contributed by atoms with Crippen LogP contribution >= 0.6 is 0 Å². The number of urea groups is 1. The molecule has 4 N–H and O–H groups in total. The molecule has 5 heteroatoms. The lowest BCUT2D eigenvalue weighted by Crippen LogP contribution is -2.58. The van der Waals surface area contributed by atoms with E-state index in [2.05, 4.69) is 12.2 Å². The molecule has 1 heterocycles. The van der Waals surface area contributed by atoms with Gasteiger partial charge in [-0.25, -0.2) is 4.79 Å². The fraction of sp³-hybridized carbons (Fsp3) is 0.833. The minimum absolute atomic E-state index is 0.0124. The van der Waals surface area contributed by atoms with Crippen LogP contribution in [-0.2, 0) is 0 Å². The van der Waals surface area contributed by atoms with Crippen molar-refractivity contribution in [1.82, 2.24) is 10.2 Å². The lowest BCUT2D eigenvalue weighted by atomic mass is 9.97. The SMILES string of the molecule is CCC(C)(NC(=O)N1CCCC(C)C1)C(=N)N. The molecule has 0 bridgehead atoms. The zero-order valence-electron chi connectivity index (χ0n) is 11.0. The summed E-state index contributed by atoms with van der Waals surface area (Å²) in [6.45, 7) is 7.46. The van der Waals surface area contributed by atoms with Crippen molar-refractivity contribution in [1.29, 1.82) is 5.41 Å². The molecule has 2 unspecified atom stereocenters. The highest BCUT2D eigenvalue weighted by atomic mass is 16.2. The summed E-state index contributed by atoms with van der Waals surface area (Å²) in [5, 5.41) is 10.4. The summed E-state index contributed by atoms with van der Waals surface area (Å²) in [6, 6.07) is -0.101. The van der Waals surface area contributed by atoms with E-state index in [0.717, 1.165) is 19.5 Å². The lowest BCUT2D eigenvalue weighted by molar-refractivity contribution is 0.163. The van der Waals surface area contributed by atoms with E-state index in [1.807, 2.05) is 11.8 Å². The molecule has 0 aliphatic carbocycles. The fourth-order valence-corrected chi connectivity index (χ4v) is 2.04. The van der Waals surface area contributed by atoms with Crippen molar-refractivity contribution in [2.24, 2.45) is 11.7 Å². The monoisotopic (exact) mass is 240 g/mol. The summed E-state index contributed by atoms with van der Waals surface area (Å²) in [6.07, 6.45) is 2.86. The van der Waals surface area contributed by atoms with Crippen LogP contribution in [-0.4, -0.2) is 35.4 Å². The van der Waals surface area contributed by atoms with Crippen molar-refractivity contribution in [3.05, 3.63) is 0 Å². The molecule has 1 saturated heterocycles. The smallest absolute Gasteiger partial charge is 0.318 e. The number of amidine groups is 1. The van der Waals surface area contributed by atoms with Crippen LogP contribution in [0.25, 0.3) is 0 Å². The molecule has 0 aromatic carbocycles. The van der Waals surface area contributed by atoms with Gasteiger partial charge in [-0.3, -0.25) is 5.41 Å². The maximum Gasteiger partial charge on any atom is 0.318 e. The summed E-state index contributed by atoms with van der Waals surface area (Å²) in [5.41, 5.74) is 4.81. The maximum absolute atomic E-state index is 12.1. The molecule has 1 aliphatic heterocycles. The van der Waals surface area contributed by atoms with Gasteiger partial charge in [0.2, 0.25) is 0 Å². The molecule has 0 saturated carbocycles. The standard InChI is InChI=1S/C12H24N4O/c1-4-12(3,10(13)14)15-11(17)16-7-5-6-9(2)8-16/h9H,4-8H2,1-3H3,(H3,13,14)(H,15,17). The molecule has 2 atom stereocenters. The molecule has 17 heavy (non-hydrogen) atoms. The van der Waals surface area contributed by atoms with E-state index in [9.17, 15) is 4.79 Å². The molecule has 0 radical (unpaired) electrons. The molecule has 98 valence electrons. The van der Waals surface area contributed by atoms with Crippen molar-refractivity contribution in [3.63, 3.8) is 0 Å². The Bertz CT molecular complexity index is 305. The minimum atomic E-state index is -0.724. The van der Waals surface area contributed by atoms with Gasteiger partial charge in [0, 0.05) is 13.1 Å². The van der Waals surface area contributed by atoms with E-state index >= 15 is 0 Å². The average Bonchev–Trinajstić information content (AvgIpc) is 2.28. The number of amides is 2. The lowest BCUT2D eigenvalue weighted by Gasteiger charge is -2.35. The second kappa shape index (κ2) is 5.38. The van der Waals surface area contributed by atoms with Gasteiger partial charge < -0.3 is 16.0 Å². The first-order valence-electron chi connectivity index (χ1n) is 6.30. The normalized spacial score (nSPS) is 23.9. The van der Waals surface area contributed by atoms with E-state index < -0.39 is 5.54 Å². The summed E-state index contributed by atoms with van der Waals surface area (Å²) < 4.78 is 0. The Hall–Kier alpha value is -1.26. The van der Waals surface area contributed by atoms with E-state index in [4.69, 9.17) is 11.1 Å². The van der Waals surface area contributed by atoms with Crippen LogP contribution in [0.1, 0.15) is 40.0 Å². The number of piperidine rings is 1. The van der Waals surface area contributed by atoms with Crippen LogP contribution in [0.15, 0.2) is 0 Å². The predicted octanol–water partition coefficient (Wildman–Crippen LogP) is 1.53. The number of likely N-dealkylation sites (tertiary alicyclic amines) is 1. The fourth-order valence-electron chi connectivity index (χ4n) is 2.04. The van der Waals surface area contributed by atoms with Crippen molar-refractivity contribution in [2.45, 2.75) is 45.6 Å². The number of nitrogens with zero attached hydrogens (tertiary/aromatic N) is 1. The van der Waals surface area contributed by atoms with Crippen molar-refractivity contribution >= 4 is 11.9 Å². The van der Waals surface area contributed by atoms with Crippen molar-refractivity contribution in [2.75, 3.05) is 13.1 Å². The first-order chi connectivity index (χ1) is 7.89. The van der Waals surface area contributed by atoms with Crippen molar-refractivity contribution in [3.8, 4) is 0 Å². The van der Waals surface area contributed by atoms with E-state index in [1.165, 1.54) is 6.42 Å². The van der Waals surface area contributed by atoms with Crippen LogP contribution in [0, 0.1) is 11.3 Å². The number of nitrogens with one attached hydrogen (secondary N) is 2. The topological polar surface area (TPSA) is 82.2 Å². The highest BCUT2D eigenvalue weighted by Gasteiger charge is 2.31.